The van der Waals surface area contributed by atoms with E-state index in [0.717, 1.165) is 0 Å². The minimum atomic E-state index is -0.0641. The number of amides is 1. The Bertz CT molecular complexity index is 448. The maximum absolute atomic E-state index is 10.6. The van der Waals surface area contributed by atoms with Crippen LogP contribution >= 0.6 is 11.6 Å². The van der Waals surface area contributed by atoms with E-state index in [9.17, 15) is 4.79 Å². The van der Waals surface area contributed by atoms with Gasteiger partial charge in [0, 0.05) is 26.1 Å². The highest BCUT2D eigenvalue weighted by Gasteiger charge is 1.97. The third kappa shape index (κ3) is 4.20. The highest BCUT2D eigenvalue weighted by Crippen LogP contribution is 2.13. The van der Waals surface area contributed by atoms with Crippen molar-refractivity contribution in [1.82, 2.24) is 10.3 Å². The fraction of sp³-hybridized carbons (Fsp3) is 0.273. The van der Waals surface area contributed by atoms with Crippen LogP contribution in [0.1, 0.15) is 18.9 Å². The fourth-order valence-electron chi connectivity index (χ4n) is 1.01. The molecule has 1 aromatic heterocycles. The molecule has 0 atom stereocenters. The van der Waals surface area contributed by atoms with E-state index in [4.69, 9.17) is 17.3 Å². The Labute approximate surface area is 99.2 Å². The lowest BCUT2D eigenvalue weighted by Gasteiger charge is -1.97. The van der Waals surface area contributed by atoms with Crippen molar-refractivity contribution >= 4 is 23.3 Å². The van der Waals surface area contributed by atoms with Crippen LogP contribution in [0.2, 0.25) is 5.02 Å². The Hall–Kier alpha value is -1.73. The van der Waals surface area contributed by atoms with Gasteiger partial charge < -0.3 is 11.1 Å². The third-order valence-electron chi connectivity index (χ3n) is 1.73. The van der Waals surface area contributed by atoms with Crippen LogP contribution in [0.15, 0.2) is 12.3 Å². The maximum Gasteiger partial charge on any atom is 0.216 e. The van der Waals surface area contributed by atoms with Gasteiger partial charge in [-0.05, 0) is 6.07 Å². The number of nitrogen functional groups attached to an aromatic ring is 1. The molecule has 1 aromatic rings. The molecule has 1 heterocycles. The molecule has 0 aromatic carbocycles. The van der Waals surface area contributed by atoms with Crippen molar-refractivity contribution in [2.45, 2.75) is 13.3 Å². The average molecular weight is 238 g/mol. The molecule has 0 aliphatic rings. The van der Waals surface area contributed by atoms with Gasteiger partial charge in [0.25, 0.3) is 0 Å². The van der Waals surface area contributed by atoms with Crippen LogP contribution < -0.4 is 11.1 Å². The number of carbonyl (C=O) groups is 1. The summed E-state index contributed by atoms with van der Waals surface area (Å²) in [4.78, 5) is 14.4. The third-order valence-corrected chi connectivity index (χ3v) is 1.94. The second kappa shape index (κ2) is 5.99. The lowest BCUT2D eigenvalue weighted by Crippen LogP contribution is -2.20. The molecule has 5 heteroatoms. The molecule has 84 valence electrons. The zero-order valence-electron chi connectivity index (χ0n) is 8.88. The molecular weight excluding hydrogens is 226 g/mol. The molecule has 0 bridgehead atoms. The smallest absolute Gasteiger partial charge is 0.216 e. The number of hydrogen-bond donors (Lipinski definition) is 2. The lowest BCUT2D eigenvalue weighted by molar-refractivity contribution is -0.118. The van der Waals surface area contributed by atoms with Crippen LogP contribution in [-0.2, 0) is 4.79 Å². The Morgan fingerprint density at radius 1 is 1.69 bits per heavy atom. The van der Waals surface area contributed by atoms with Gasteiger partial charge in [-0.3, -0.25) is 4.79 Å². The summed E-state index contributed by atoms with van der Waals surface area (Å²) in [6.07, 6.45) is 2.03. The molecule has 1 amide bonds. The van der Waals surface area contributed by atoms with Gasteiger partial charge in [0.1, 0.15) is 5.82 Å². The van der Waals surface area contributed by atoms with Gasteiger partial charge >= 0.3 is 0 Å². The van der Waals surface area contributed by atoms with Gasteiger partial charge in [-0.25, -0.2) is 4.98 Å². The van der Waals surface area contributed by atoms with Crippen molar-refractivity contribution in [3.8, 4) is 11.8 Å². The summed E-state index contributed by atoms with van der Waals surface area (Å²) in [5.74, 6) is 6.03. The largest absolute Gasteiger partial charge is 0.383 e. The van der Waals surface area contributed by atoms with E-state index < -0.39 is 0 Å². The van der Waals surface area contributed by atoms with Gasteiger partial charge in [-0.15, -0.1) is 0 Å². The number of nitrogens with zero attached hydrogens (tertiary/aromatic N) is 1. The van der Waals surface area contributed by atoms with Crippen molar-refractivity contribution in [2.24, 2.45) is 0 Å². The van der Waals surface area contributed by atoms with E-state index in [0.29, 0.717) is 29.4 Å². The average Bonchev–Trinajstić information content (AvgIpc) is 2.22. The summed E-state index contributed by atoms with van der Waals surface area (Å²) in [6, 6.07) is 1.66. The van der Waals surface area contributed by atoms with Crippen molar-refractivity contribution < 1.29 is 4.79 Å². The number of nitrogens with one attached hydrogen (secondary N) is 1. The van der Waals surface area contributed by atoms with Gasteiger partial charge in [-0.2, -0.15) is 0 Å². The highest BCUT2D eigenvalue weighted by atomic mass is 35.5. The number of halogens is 1. The van der Waals surface area contributed by atoms with Crippen LogP contribution in [0.4, 0.5) is 5.82 Å². The second-order valence-electron chi connectivity index (χ2n) is 3.12. The molecular formula is C11H12ClN3O. The van der Waals surface area contributed by atoms with Gasteiger partial charge in [0.05, 0.1) is 10.6 Å². The summed E-state index contributed by atoms with van der Waals surface area (Å²) in [6.45, 7) is 1.99. The normalized spacial score (nSPS) is 9.12. The Morgan fingerprint density at radius 2 is 2.44 bits per heavy atom. The zero-order chi connectivity index (χ0) is 12.0. The predicted octanol–water partition coefficient (Wildman–Crippen LogP) is 1.19. The summed E-state index contributed by atoms with van der Waals surface area (Å²) >= 11 is 5.76. The molecule has 0 unspecified atom stereocenters. The molecule has 16 heavy (non-hydrogen) atoms. The topological polar surface area (TPSA) is 68.0 Å². The summed E-state index contributed by atoms with van der Waals surface area (Å²) in [5, 5.41) is 3.14. The molecule has 0 saturated heterocycles. The monoisotopic (exact) mass is 237 g/mol. The van der Waals surface area contributed by atoms with Crippen molar-refractivity contribution in [3.05, 3.63) is 22.8 Å². The molecule has 1 rings (SSSR count). The van der Waals surface area contributed by atoms with Gasteiger partial charge in [0.15, 0.2) is 0 Å². The van der Waals surface area contributed by atoms with Crippen molar-refractivity contribution in [1.29, 1.82) is 0 Å². The minimum Gasteiger partial charge on any atom is -0.383 e. The number of pyridine rings is 1. The van der Waals surface area contributed by atoms with Crippen LogP contribution in [0.25, 0.3) is 0 Å². The first kappa shape index (κ1) is 12.3. The first-order valence-electron chi connectivity index (χ1n) is 4.74. The van der Waals surface area contributed by atoms with Crippen LogP contribution in [0, 0.1) is 11.8 Å². The number of rotatable bonds is 2. The number of nitrogens with two attached hydrogens (primary N) is 1. The van der Waals surface area contributed by atoms with Crippen LogP contribution in [0.3, 0.4) is 0 Å². The van der Waals surface area contributed by atoms with Crippen LogP contribution in [-0.4, -0.2) is 17.4 Å². The molecule has 0 aliphatic carbocycles. The van der Waals surface area contributed by atoms with Crippen molar-refractivity contribution in [2.75, 3.05) is 12.3 Å². The van der Waals surface area contributed by atoms with E-state index in [1.165, 1.54) is 13.1 Å². The van der Waals surface area contributed by atoms with Crippen LogP contribution in [0.5, 0.6) is 0 Å². The number of hydrogen-bond acceptors (Lipinski definition) is 3. The molecule has 0 aliphatic heterocycles. The van der Waals surface area contributed by atoms with E-state index in [2.05, 4.69) is 22.1 Å². The first-order chi connectivity index (χ1) is 7.59. The summed E-state index contributed by atoms with van der Waals surface area (Å²) in [5.41, 5.74) is 6.22. The van der Waals surface area contributed by atoms with E-state index >= 15 is 0 Å². The Balaban J connectivity index is 2.56. The van der Waals surface area contributed by atoms with E-state index in [-0.39, 0.29) is 5.91 Å². The standard InChI is InChI=1S/C11H12ClN3O/c1-8(16)14-5-3-2-4-9-6-10(12)7-15-11(9)13/h6-7H,3,5H2,1H3,(H2,13,15)(H,14,16). The molecule has 0 spiro atoms. The molecule has 0 radical (unpaired) electrons. The lowest BCUT2D eigenvalue weighted by atomic mass is 10.2. The van der Waals surface area contributed by atoms with Crippen molar-refractivity contribution in [3.63, 3.8) is 0 Å². The van der Waals surface area contributed by atoms with Gasteiger partial charge in [-0.1, -0.05) is 23.4 Å². The minimum absolute atomic E-state index is 0.0641. The maximum atomic E-state index is 10.6. The Kier molecular flexibility index (Phi) is 4.62. The zero-order valence-corrected chi connectivity index (χ0v) is 9.64. The molecule has 0 saturated carbocycles. The van der Waals surface area contributed by atoms with Gasteiger partial charge in [0.2, 0.25) is 5.91 Å². The molecule has 3 N–H and O–H groups in total. The number of aromatic nitrogens is 1. The summed E-state index contributed by atoms with van der Waals surface area (Å²) in [7, 11) is 0. The predicted molar refractivity (Wildman–Crippen MR) is 63.8 cm³/mol. The molecule has 0 fully saturated rings. The quantitative estimate of drug-likeness (QED) is 0.600. The highest BCUT2D eigenvalue weighted by molar-refractivity contribution is 6.30. The molecule has 4 nitrogen and oxygen atoms in total. The number of anilines is 1. The first-order valence-corrected chi connectivity index (χ1v) is 5.11. The number of carbonyl (C=O) groups excluding carboxylic acids is 1. The van der Waals surface area contributed by atoms with E-state index in [1.54, 1.807) is 6.07 Å². The second-order valence-corrected chi connectivity index (χ2v) is 3.56. The Morgan fingerprint density at radius 3 is 3.12 bits per heavy atom. The fourth-order valence-corrected chi connectivity index (χ4v) is 1.17. The summed E-state index contributed by atoms with van der Waals surface area (Å²) < 4.78 is 0. The SMILES string of the molecule is CC(=O)NCCC#Cc1cc(Cl)cnc1N. The van der Waals surface area contributed by atoms with E-state index in [1.807, 2.05) is 0 Å².